The number of carbonyl (C=O) groups is 1. The number of rotatable bonds is 5. The molecular formula is C17H25N2O5S-. The van der Waals surface area contributed by atoms with Gasteiger partial charge in [-0.3, -0.25) is 4.18 Å². The molecule has 0 spiro atoms. The SMILES string of the molecule is CC(C)(C)OC(=O)N1CCC(C(OS(=O)[O-])c2ccc(CN)cc2)C1. The number of hydrogen-bond donors (Lipinski definition) is 1. The Labute approximate surface area is 151 Å². The Kier molecular flexibility index (Phi) is 6.56. The summed E-state index contributed by atoms with van der Waals surface area (Å²) in [5, 5.41) is 0. The second-order valence-electron chi connectivity index (χ2n) is 7.14. The van der Waals surface area contributed by atoms with Crippen LogP contribution in [0.25, 0.3) is 0 Å². The fourth-order valence-corrected chi connectivity index (χ4v) is 3.30. The largest absolute Gasteiger partial charge is 0.750 e. The van der Waals surface area contributed by atoms with Crippen molar-refractivity contribution in [1.82, 2.24) is 4.90 Å². The molecule has 0 aliphatic carbocycles. The van der Waals surface area contributed by atoms with Gasteiger partial charge in [-0.15, -0.1) is 0 Å². The minimum Gasteiger partial charge on any atom is -0.750 e. The summed E-state index contributed by atoms with van der Waals surface area (Å²) >= 11 is -2.65. The van der Waals surface area contributed by atoms with Gasteiger partial charge in [-0.05, 0) is 38.3 Å². The Morgan fingerprint density at radius 1 is 1.40 bits per heavy atom. The number of amides is 1. The quantitative estimate of drug-likeness (QED) is 0.798. The van der Waals surface area contributed by atoms with Crippen molar-refractivity contribution in [2.24, 2.45) is 11.7 Å². The molecule has 0 saturated carbocycles. The molecule has 140 valence electrons. The fraction of sp³-hybridized carbons (Fsp3) is 0.588. The maximum atomic E-state index is 12.2. The molecule has 7 nitrogen and oxygen atoms in total. The second kappa shape index (κ2) is 8.27. The van der Waals surface area contributed by atoms with Gasteiger partial charge in [-0.1, -0.05) is 24.3 Å². The summed E-state index contributed by atoms with van der Waals surface area (Å²) in [6.07, 6.45) is -0.396. The van der Waals surface area contributed by atoms with Crippen LogP contribution in [0.15, 0.2) is 24.3 Å². The van der Waals surface area contributed by atoms with Crippen LogP contribution in [0.3, 0.4) is 0 Å². The first-order valence-electron chi connectivity index (χ1n) is 8.23. The van der Waals surface area contributed by atoms with Gasteiger partial charge in [0.25, 0.3) is 0 Å². The minimum absolute atomic E-state index is 0.130. The van der Waals surface area contributed by atoms with Crippen molar-refractivity contribution in [3.63, 3.8) is 0 Å². The summed E-state index contributed by atoms with van der Waals surface area (Å²) in [4.78, 5) is 13.8. The number of nitrogens with zero attached hydrogens (tertiary/aromatic N) is 1. The van der Waals surface area contributed by atoms with E-state index in [-0.39, 0.29) is 5.92 Å². The number of carbonyl (C=O) groups excluding carboxylic acids is 1. The third-order valence-corrected chi connectivity index (χ3v) is 4.40. The van der Waals surface area contributed by atoms with Gasteiger partial charge in [0.2, 0.25) is 0 Å². The van der Waals surface area contributed by atoms with Crippen LogP contribution in [-0.4, -0.2) is 38.4 Å². The van der Waals surface area contributed by atoms with Gasteiger partial charge in [0, 0.05) is 25.6 Å². The minimum atomic E-state index is -2.65. The van der Waals surface area contributed by atoms with Crippen LogP contribution in [-0.2, 0) is 26.8 Å². The van der Waals surface area contributed by atoms with E-state index >= 15 is 0 Å². The highest BCUT2D eigenvalue weighted by atomic mass is 32.2. The Morgan fingerprint density at radius 2 is 2.04 bits per heavy atom. The van der Waals surface area contributed by atoms with Gasteiger partial charge in [0.1, 0.15) is 11.7 Å². The molecule has 25 heavy (non-hydrogen) atoms. The number of nitrogens with two attached hydrogens (primary N) is 1. The number of likely N-dealkylation sites (tertiary alicyclic amines) is 1. The zero-order valence-electron chi connectivity index (χ0n) is 14.8. The van der Waals surface area contributed by atoms with Crippen LogP contribution in [0.4, 0.5) is 4.79 Å². The number of hydrogen-bond acceptors (Lipinski definition) is 6. The van der Waals surface area contributed by atoms with Crippen molar-refractivity contribution in [3.05, 3.63) is 35.4 Å². The molecule has 3 atom stereocenters. The van der Waals surface area contributed by atoms with Crippen molar-refractivity contribution >= 4 is 17.5 Å². The summed E-state index contributed by atoms with van der Waals surface area (Å²) in [6.45, 7) is 6.73. The normalized spacial score (nSPS) is 20.4. The fourth-order valence-electron chi connectivity index (χ4n) is 2.86. The lowest BCUT2D eigenvalue weighted by molar-refractivity contribution is 0.0275. The smallest absolute Gasteiger partial charge is 0.410 e. The monoisotopic (exact) mass is 369 g/mol. The van der Waals surface area contributed by atoms with E-state index in [9.17, 15) is 13.6 Å². The lowest BCUT2D eigenvalue weighted by atomic mass is 9.94. The van der Waals surface area contributed by atoms with E-state index in [0.717, 1.165) is 11.1 Å². The Bertz CT molecular complexity index is 614. The van der Waals surface area contributed by atoms with Crippen molar-refractivity contribution in [2.75, 3.05) is 13.1 Å². The van der Waals surface area contributed by atoms with Crippen LogP contribution in [0.1, 0.15) is 44.4 Å². The van der Waals surface area contributed by atoms with Crippen molar-refractivity contribution in [2.45, 2.75) is 45.4 Å². The third-order valence-electron chi connectivity index (χ3n) is 4.03. The number of ether oxygens (including phenoxy) is 1. The van der Waals surface area contributed by atoms with Gasteiger partial charge in [-0.25, -0.2) is 9.00 Å². The first kappa shape index (κ1) is 19.8. The zero-order chi connectivity index (χ0) is 18.6. The van der Waals surface area contributed by atoms with Crippen LogP contribution in [0, 0.1) is 5.92 Å². The maximum absolute atomic E-state index is 12.2. The van der Waals surface area contributed by atoms with Crippen LogP contribution in [0.5, 0.6) is 0 Å². The average Bonchev–Trinajstić information content (AvgIpc) is 3.01. The molecule has 1 amide bonds. The topological polar surface area (TPSA) is 105 Å². The van der Waals surface area contributed by atoms with Crippen molar-refractivity contribution < 1.29 is 22.5 Å². The summed E-state index contributed by atoms with van der Waals surface area (Å²) in [7, 11) is 0. The molecule has 0 aromatic heterocycles. The third kappa shape index (κ3) is 5.78. The van der Waals surface area contributed by atoms with E-state index in [2.05, 4.69) is 0 Å². The summed E-state index contributed by atoms with van der Waals surface area (Å²) < 4.78 is 32.7. The van der Waals surface area contributed by atoms with Gasteiger partial charge >= 0.3 is 6.09 Å². The first-order valence-corrected chi connectivity index (χ1v) is 9.23. The summed E-state index contributed by atoms with van der Waals surface area (Å²) in [5.41, 5.74) is 6.72. The molecule has 1 fully saturated rings. The molecule has 1 saturated heterocycles. The molecule has 1 aliphatic rings. The highest BCUT2D eigenvalue weighted by Crippen LogP contribution is 2.34. The molecule has 2 N–H and O–H groups in total. The Morgan fingerprint density at radius 3 is 2.56 bits per heavy atom. The van der Waals surface area contributed by atoms with E-state index in [1.54, 1.807) is 4.90 Å². The van der Waals surface area contributed by atoms with Crippen LogP contribution in [0.2, 0.25) is 0 Å². The summed E-state index contributed by atoms with van der Waals surface area (Å²) in [6, 6.07) is 7.33. The van der Waals surface area contributed by atoms with Crippen molar-refractivity contribution in [1.29, 1.82) is 0 Å². The van der Waals surface area contributed by atoms with Gasteiger partial charge in [-0.2, -0.15) is 0 Å². The van der Waals surface area contributed by atoms with Gasteiger partial charge in [0.05, 0.1) is 11.4 Å². The predicted octanol–water partition coefficient (Wildman–Crippen LogP) is 2.25. The molecule has 2 rings (SSSR count). The molecule has 0 radical (unpaired) electrons. The number of benzene rings is 1. The molecule has 1 aromatic carbocycles. The molecule has 0 bridgehead atoms. The molecular weight excluding hydrogens is 344 g/mol. The van der Waals surface area contributed by atoms with E-state index in [1.165, 1.54) is 0 Å². The summed E-state index contributed by atoms with van der Waals surface area (Å²) in [5.74, 6) is -0.130. The van der Waals surface area contributed by atoms with E-state index in [4.69, 9.17) is 14.7 Å². The van der Waals surface area contributed by atoms with E-state index in [0.29, 0.717) is 26.1 Å². The van der Waals surface area contributed by atoms with E-state index in [1.807, 2.05) is 45.0 Å². The molecule has 8 heteroatoms. The molecule has 1 aliphatic heterocycles. The maximum Gasteiger partial charge on any atom is 0.410 e. The van der Waals surface area contributed by atoms with Gasteiger partial charge < -0.3 is 19.9 Å². The Balaban J connectivity index is 2.11. The molecule has 1 heterocycles. The van der Waals surface area contributed by atoms with Crippen LogP contribution < -0.4 is 5.73 Å². The average molecular weight is 369 g/mol. The molecule has 1 aromatic rings. The first-order chi connectivity index (χ1) is 11.7. The second-order valence-corrected chi connectivity index (χ2v) is 7.74. The molecule has 3 unspecified atom stereocenters. The van der Waals surface area contributed by atoms with Crippen LogP contribution >= 0.6 is 0 Å². The highest BCUT2D eigenvalue weighted by Gasteiger charge is 2.35. The lowest BCUT2D eigenvalue weighted by Gasteiger charge is -2.27. The van der Waals surface area contributed by atoms with E-state index < -0.39 is 29.2 Å². The predicted molar refractivity (Wildman–Crippen MR) is 93.0 cm³/mol. The van der Waals surface area contributed by atoms with Gasteiger partial charge in [0.15, 0.2) is 0 Å². The van der Waals surface area contributed by atoms with Crippen molar-refractivity contribution in [3.8, 4) is 0 Å². The highest BCUT2D eigenvalue weighted by molar-refractivity contribution is 7.74. The standard InChI is InChI=1S/C17H26N2O5S/c1-17(2,3)23-16(20)19-9-8-14(11-19)15(24-25(21)22)13-6-4-12(10-18)5-7-13/h4-7,14-15H,8-11,18H2,1-3H3,(H,21,22)/p-1. The Hall–Kier alpha value is -1.48. The lowest BCUT2D eigenvalue weighted by Crippen LogP contribution is -2.35. The zero-order valence-corrected chi connectivity index (χ0v) is 15.6.